The molecule has 0 unspecified atom stereocenters. The Balaban J connectivity index is 1.47. The third-order valence-electron chi connectivity index (χ3n) is 6.18. The van der Waals surface area contributed by atoms with Gasteiger partial charge in [0.05, 0.1) is 0 Å². The van der Waals surface area contributed by atoms with E-state index >= 15 is 0 Å². The Morgan fingerprint density at radius 1 is 0.880 bits per heavy atom. The Morgan fingerprint density at radius 2 is 1.44 bits per heavy atom. The predicted octanol–water partition coefficient (Wildman–Crippen LogP) is 7.28. The van der Waals surface area contributed by atoms with Gasteiger partial charge in [-0.25, -0.2) is 0 Å². The Morgan fingerprint density at radius 3 is 1.96 bits per heavy atom. The maximum absolute atomic E-state index is 12.2. The molecule has 25 heavy (non-hydrogen) atoms. The molecular formula is C21H27BrF2O. The molecule has 2 saturated carbocycles. The van der Waals surface area contributed by atoms with E-state index in [1.165, 1.54) is 56.9 Å². The zero-order valence-corrected chi connectivity index (χ0v) is 16.1. The van der Waals surface area contributed by atoms with Crippen LogP contribution in [0.3, 0.4) is 0 Å². The highest BCUT2D eigenvalue weighted by atomic mass is 79.9. The van der Waals surface area contributed by atoms with Gasteiger partial charge in [0.2, 0.25) is 0 Å². The molecule has 0 atom stereocenters. The van der Waals surface area contributed by atoms with Crippen LogP contribution in [0.5, 0.6) is 5.75 Å². The highest BCUT2D eigenvalue weighted by molar-refractivity contribution is 9.11. The summed E-state index contributed by atoms with van der Waals surface area (Å²) >= 11 is 3.40. The van der Waals surface area contributed by atoms with Crippen molar-refractivity contribution in [1.82, 2.24) is 0 Å². The molecule has 0 bridgehead atoms. The van der Waals surface area contributed by atoms with Gasteiger partial charge < -0.3 is 4.74 Å². The van der Waals surface area contributed by atoms with Crippen LogP contribution in [0.15, 0.2) is 35.3 Å². The van der Waals surface area contributed by atoms with Crippen LogP contribution in [0.25, 0.3) is 0 Å². The van der Waals surface area contributed by atoms with E-state index < -0.39 is 6.61 Å². The van der Waals surface area contributed by atoms with Gasteiger partial charge in [-0.1, -0.05) is 34.1 Å². The number of hydrogen-bond donors (Lipinski definition) is 0. The topological polar surface area (TPSA) is 9.23 Å². The fraction of sp³-hybridized carbons (Fsp3) is 0.619. The Bertz CT molecular complexity index is 542. The van der Waals surface area contributed by atoms with Crippen molar-refractivity contribution >= 4 is 15.9 Å². The molecule has 138 valence electrons. The first-order chi connectivity index (χ1) is 12.2. The lowest BCUT2D eigenvalue weighted by Gasteiger charge is -2.37. The molecule has 3 rings (SSSR count). The van der Waals surface area contributed by atoms with E-state index in [0.29, 0.717) is 5.92 Å². The summed E-state index contributed by atoms with van der Waals surface area (Å²) in [5.41, 5.74) is 1.27. The first-order valence-corrected chi connectivity index (χ1v) is 10.4. The summed E-state index contributed by atoms with van der Waals surface area (Å²) < 4.78 is 28.9. The van der Waals surface area contributed by atoms with Crippen LogP contribution in [-0.4, -0.2) is 6.61 Å². The van der Waals surface area contributed by atoms with Crippen LogP contribution in [0.2, 0.25) is 0 Å². The Labute approximate surface area is 158 Å². The van der Waals surface area contributed by atoms with Crippen molar-refractivity contribution in [2.75, 3.05) is 0 Å². The van der Waals surface area contributed by atoms with Crippen LogP contribution in [0, 0.1) is 17.8 Å². The van der Waals surface area contributed by atoms with E-state index in [4.69, 9.17) is 0 Å². The number of hydrogen-bond acceptors (Lipinski definition) is 1. The Hall–Kier alpha value is -0.900. The molecule has 4 heteroatoms. The number of rotatable bonds is 5. The zero-order valence-electron chi connectivity index (χ0n) is 14.5. The lowest BCUT2D eigenvalue weighted by molar-refractivity contribution is -0.0498. The summed E-state index contributed by atoms with van der Waals surface area (Å²) in [6.07, 6.45) is 12.8. The molecule has 0 aliphatic heterocycles. The quantitative estimate of drug-likeness (QED) is 0.493. The lowest BCUT2D eigenvalue weighted by atomic mass is 9.68. The second-order valence-electron chi connectivity index (χ2n) is 7.55. The highest BCUT2D eigenvalue weighted by Gasteiger charge is 2.30. The zero-order chi connectivity index (χ0) is 17.6. The smallest absolute Gasteiger partial charge is 0.387 e. The summed E-state index contributed by atoms with van der Waals surface area (Å²) in [5, 5.41) is 0. The van der Waals surface area contributed by atoms with Gasteiger partial charge in [0.1, 0.15) is 5.75 Å². The van der Waals surface area contributed by atoms with Crippen LogP contribution >= 0.6 is 15.9 Å². The second kappa shape index (κ2) is 9.16. The molecule has 0 N–H and O–H groups in total. The fourth-order valence-corrected chi connectivity index (χ4v) is 5.19. The van der Waals surface area contributed by atoms with E-state index in [2.05, 4.69) is 26.7 Å². The summed E-state index contributed by atoms with van der Waals surface area (Å²) in [6, 6.07) is 7.26. The van der Waals surface area contributed by atoms with Crippen molar-refractivity contribution in [1.29, 1.82) is 0 Å². The molecule has 2 fully saturated rings. The van der Waals surface area contributed by atoms with Crippen molar-refractivity contribution < 1.29 is 13.5 Å². The number of allylic oxidation sites excluding steroid dienone is 1. The van der Waals surface area contributed by atoms with Gasteiger partial charge in [-0.2, -0.15) is 8.78 Å². The minimum Gasteiger partial charge on any atom is -0.435 e. The van der Waals surface area contributed by atoms with E-state index in [-0.39, 0.29) is 5.75 Å². The predicted molar refractivity (Wildman–Crippen MR) is 101 cm³/mol. The minimum atomic E-state index is -2.75. The minimum absolute atomic E-state index is 0.252. The van der Waals surface area contributed by atoms with Crippen molar-refractivity contribution in [3.63, 3.8) is 0 Å². The average Bonchev–Trinajstić information content (AvgIpc) is 2.63. The van der Waals surface area contributed by atoms with Crippen LogP contribution in [0.1, 0.15) is 62.8 Å². The average molecular weight is 413 g/mol. The van der Waals surface area contributed by atoms with Crippen molar-refractivity contribution in [2.45, 2.75) is 63.9 Å². The molecule has 0 aromatic heterocycles. The van der Waals surface area contributed by atoms with Crippen LogP contribution in [-0.2, 0) is 0 Å². The number of benzene rings is 1. The van der Waals surface area contributed by atoms with E-state index in [1.54, 1.807) is 12.1 Å². The number of ether oxygens (including phenoxy) is 1. The van der Waals surface area contributed by atoms with Gasteiger partial charge in [-0.15, -0.1) is 0 Å². The monoisotopic (exact) mass is 412 g/mol. The molecule has 0 spiro atoms. The molecule has 0 radical (unpaired) electrons. The summed E-state index contributed by atoms with van der Waals surface area (Å²) in [6.45, 7) is -2.75. The van der Waals surface area contributed by atoms with Gasteiger partial charge in [-0.3, -0.25) is 0 Å². The normalized spacial score (nSPS) is 30.7. The fourth-order valence-electron chi connectivity index (χ4n) is 4.76. The van der Waals surface area contributed by atoms with Crippen molar-refractivity contribution in [2.24, 2.45) is 17.8 Å². The number of alkyl halides is 2. The van der Waals surface area contributed by atoms with E-state index in [0.717, 1.165) is 17.8 Å². The molecule has 1 aromatic rings. The molecule has 1 nitrogen and oxygen atoms in total. The first-order valence-electron chi connectivity index (χ1n) is 9.47. The summed E-state index contributed by atoms with van der Waals surface area (Å²) in [5.74, 6) is 3.38. The first kappa shape index (κ1) is 18.9. The van der Waals surface area contributed by atoms with E-state index in [9.17, 15) is 8.78 Å². The van der Waals surface area contributed by atoms with Gasteiger partial charge in [-0.05, 0) is 97.7 Å². The maximum atomic E-state index is 12.2. The summed E-state index contributed by atoms with van der Waals surface area (Å²) in [4.78, 5) is 2.01. The molecule has 2 aliphatic carbocycles. The lowest BCUT2D eigenvalue weighted by Crippen LogP contribution is -2.25. The molecule has 0 saturated heterocycles. The second-order valence-corrected chi connectivity index (χ2v) is 8.08. The van der Waals surface area contributed by atoms with Crippen LogP contribution in [0.4, 0.5) is 8.78 Å². The van der Waals surface area contributed by atoms with E-state index in [1.807, 2.05) is 17.1 Å². The SMILES string of the molecule is FC(F)Oc1ccc(C2CCC(C3CCC(/C=C/Br)CC3)CC2)cc1. The van der Waals surface area contributed by atoms with Crippen LogP contribution < -0.4 is 4.74 Å². The molecule has 0 heterocycles. The van der Waals surface area contributed by atoms with Gasteiger partial charge >= 0.3 is 6.61 Å². The molecule has 0 amide bonds. The Kier molecular flexibility index (Phi) is 6.92. The van der Waals surface area contributed by atoms with Gasteiger partial charge in [0.25, 0.3) is 0 Å². The van der Waals surface area contributed by atoms with Crippen molar-refractivity contribution in [3.8, 4) is 5.75 Å². The molecule has 2 aliphatic rings. The molecule has 1 aromatic carbocycles. The van der Waals surface area contributed by atoms with Crippen molar-refractivity contribution in [3.05, 3.63) is 40.9 Å². The third kappa shape index (κ3) is 5.29. The van der Waals surface area contributed by atoms with Gasteiger partial charge in [0, 0.05) is 0 Å². The highest BCUT2D eigenvalue weighted by Crippen LogP contribution is 2.44. The standard InChI is InChI=1S/C21H27BrF2O/c22-14-13-15-1-3-16(4-2-15)17-5-7-18(8-6-17)19-9-11-20(12-10-19)25-21(23)24/h9-18,21H,1-8H2/b14-13+. The maximum Gasteiger partial charge on any atom is 0.387 e. The number of halogens is 3. The summed E-state index contributed by atoms with van der Waals surface area (Å²) in [7, 11) is 0. The molecular weight excluding hydrogens is 386 g/mol. The third-order valence-corrected chi connectivity index (χ3v) is 6.48. The van der Waals surface area contributed by atoms with Gasteiger partial charge in [0.15, 0.2) is 0 Å². The largest absolute Gasteiger partial charge is 0.435 e.